The number of rotatable bonds is 6. The van der Waals surface area contributed by atoms with Crippen molar-refractivity contribution < 1.29 is 22.3 Å². The Morgan fingerprint density at radius 1 is 0.939 bits per heavy atom. The van der Waals surface area contributed by atoms with E-state index < -0.39 is 18.5 Å². The van der Waals surface area contributed by atoms with Gasteiger partial charge in [0.15, 0.2) is 6.61 Å². The van der Waals surface area contributed by atoms with E-state index >= 15 is 0 Å². The monoisotopic (exact) mass is 465 g/mol. The van der Waals surface area contributed by atoms with E-state index in [2.05, 4.69) is 29.6 Å². The third-order valence-corrected chi connectivity index (χ3v) is 4.91. The zero-order valence-corrected chi connectivity index (χ0v) is 17.2. The third-order valence-electron chi connectivity index (χ3n) is 4.91. The van der Waals surface area contributed by atoms with Crippen molar-refractivity contribution in [1.82, 2.24) is 24.5 Å². The molecule has 0 spiro atoms. The van der Waals surface area contributed by atoms with Crippen LogP contribution < -0.4 is 20.2 Å². The Morgan fingerprint density at radius 2 is 1.64 bits per heavy atom. The van der Waals surface area contributed by atoms with Gasteiger partial charge in [0.05, 0.1) is 24.6 Å². The van der Waals surface area contributed by atoms with Crippen LogP contribution in [0.15, 0.2) is 47.8 Å². The second kappa shape index (κ2) is 9.38. The lowest BCUT2D eigenvalue weighted by Gasteiger charge is -2.36. The number of alkyl halides is 3. The fourth-order valence-electron chi connectivity index (χ4n) is 3.26. The first-order valence-electron chi connectivity index (χ1n) is 9.96. The Kier molecular flexibility index (Phi) is 6.38. The maximum Gasteiger partial charge on any atom is 0.422 e. The van der Waals surface area contributed by atoms with Gasteiger partial charge in [-0.3, -0.25) is 9.55 Å². The minimum atomic E-state index is -4.47. The molecular weight excluding hydrogens is 446 g/mol. The van der Waals surface area contributed by atoms with Crippen molar-refractivity contribution >= 4 is 11.6 Å². The number of nitrogens with zero attached hydrogens (tertiary/aromatic N) is 7. The molecule has 0 radical (unpaired) electrons. The molecule has 174 valence electrons. The first-order chi connectivity index (χ1) is 15.8. The molecule has 2 aromatic heterocycles. The maximum atomic E-state index is 13.1. The predicted octanol–water partition coefficient (Wildman–Crippen LogP) is 1.88. The first-order valence-corrected chi connectivity index (χ1v) is 9.96. The Labute approximate surface area is 185 Å². The molecule has 1 aliphatic rings. The van der Waals surface area contributed by atoms with Crippen molar-refractivity contribution in [1.29, 1.82) is 0 Å². The van der Waals surface area contributed by atoms with E-state index in [0.717, 1.165) is 11.9 Å². The highest BCUT2D eigenvalue weighted by atomic mass is 19.4. The molecule has 0 amide bonds. The molecule has 0 atom stereocenters. The number of piperazine rings is 1. The molecule has 1 saturated heterocycles. The van der Waals surface area contributed by atoms with E-state index in [4.69, 9.17) is 0 Å². The van der Waals surface area contributed by atoms with Crippen LogP contribution in [0.4, 0.5) is 29.2 Å². The summed E-state index contributed by atoms with van der Waals surface area (Å²) in [5.41, 5.74) is 0.712. The molecule has 0 aliphatic carbocycles. The van der Waals surface area contributed by atoms with Crippen LogP contribution in [0.5, 0.6) is 5.88 Å². The highest BCUT2D eigenvalue weighted by Crippen LogP contribution is 2.19. The standard InChI is InChI=1S/C20H19F4N7O2/c21-14-1-3-16(4-2-14)29-5-7-30(8-6-29)18-27-13-31(19(32)28-18)11-15-9-26-17(10-25-15)33-12-20(22,23)24/h1-4,9-10,13H,5-8,11-12H2. The summed E-state index contributed by atoms with van der Waals surface area (Å²) in [6, 6.07) is 6.27. The van der Waals surface area contributed by atoms with E-state index in [1.807, 2.05) is 4.90 Å². The van der Waals surface area contributed by atoms with Crippen LogP contribution in [-0.4, -0.2) is 63.5 Å². The van der Waals surface area contributed by atoms with Crippen molar-refractivity contribution in [3.05, 3.63) is 65.0 Å². The molecule has 3 heterocycles. The Bertz CT molecular complexity index is 1130. The van der Waals surface area contributed by atoms with Crippen molar-refractivity contribution in [2.45, 2.75) is 12.7 Å². The van der Waals surface area contributed by atoms with Crippen LogP contribution in [0.3, 0.4) is 0 Å². The molecule has 3 aromatic rings. The molecule has 0 N–H and O–H groups in total. The summed E-state index contributed by atoms with van der Waals surface area (Å²) < 4.78 is 55.4. The summed E-state index contributed by atoms with van der Waals surface area (Å²) in [7, 11) is 0. The number of anilines is 2. The lowest BCUT2D eigenvalue weighted by atomic mass is 10.2. The molecule has 0 saturated carbocycles. The second-order valence-electron chi connectivity index (χ2n) is 7.27. The van der Waals surface area contributed by atoms with Gasteiger partial charge in [-0.1, -0.05) is 0 Å². The summed E-state index contributed by atoms with van der Waals surface area (Å²) in [6.45, 7) is 1.04. The average molecular weight is 465 g/mol. The number of benzene rings is 1. The van der Waals surface area contributed by atoms with Gasteiger partial charge in [0, 0.05) is 31.9 Å². The molecule has 1 fully saturated rings. The molecule has 1 aromatic carbocycles. The predicted molar refractivity (Wildman–Crippen MR) is 110 cm³/mol. The average Bonchev–Trinajstić information content (AvgIpc) is 2.80. The van der Waals surface area contributed by atoms with E-state index in [-0.39, 0.29) is 18.2 Å². The SMILES string of the molecule is O=c1nc(N2CCN(c3ccc(F)cc3)CC2)ncn1Cc1cnc(OCC(F)(F)F)cn1. The van der Waals surface area contributed by atoms with Gasteiger partial charge in [0.25, 0.3) is 0 Å². The minimum absolute atomic E-state index is 0.00398. The highest BCUT2D eigenvalue weighted by Gasteiger charge is 2.28. The largest absolute Gasteiger partial charge is 0.467 e. The van der Waals surface area contributed by atoms with Crippen LogP contribution in [0.25, 0.3) is 0 Å². The van der Waals surface area contributed by atoms with Gasteiger partial charge in [-0.2, -0.15) is 18.2 Å². The smallest absolute Gasteiger partial charge is 0.422 e. The molecule has 13 heteroatoms. The minimum Gasteiger partial charge on any atom is -0.467 e. The molecule has 4 rings (SSSR count). The zero-order valence-electron chi connectivity index (χ0n) is 17.2. The van der Waals surface area contributed by atoms with Gasteiger partial charge in [0.1, 0.15) is 12.1 Å². The zero-order chi connectivity index (χ0) is 23.4. The lowest BCUT2D eigenvalue weighted by Crippen LogP contribution is -2.47. The Balaban J connectivity index is 1.35. The van der Waals surface area contributed by atoms with Crippen LogP contribution in [0, 0.1) is 5.82 Å². The van der Waals surface area contributed by atoms with Crippen LogP contribution in [0.1, 0.15) is 5.69 Å². The van der Waals surface area contributed by atoms with Crippen LogP contribution in [0.2, 0.25) is 0 Å². The van der Waals surface area contributed by atoms with E-state index in [0.29, 0.717) is 37.8 Å². The lowest BCUT2D eigenvalue weighted by molar-refractivity contribution is -0.154. The fraction of sp³-hybridized carbons (Fsp3) is 0.350. The summed E-state index contributed by atoms with van der Waals surface area (Å²) in [5.74, 6) is -0.255. The van der Waals surface area contributed by atoms with E-state index in [9.17, 15) is 22.4 Å². The normalized spacial score (nSPS) is 14.4. The van der Waals surface area contributed by atoms with Crippen LogP contribution >= 0.6 is 0 Å². The second-order valence-corrected chi connectivity index (χ2v) is 7.27. The fourth-order valence-corrected chi connectivity index (χ4v) is 3.26. The molecule has 33 heavy (non-hydrogen) atoms. The van der Waals surface area contributed by atoms with Crippen molar-refractivity contribution in [2.24, 2.45) is 0 Å². The van der Waals surface area contributed by atoms with Gasteiger partial charge in [-0.05, 0) is 24.3 Å². The maximum absolute atomic E-state index is 13.1. The van der Waals surface area contributed by atoms with Gasteiger partial charge in [-0.15, -0.1) is 0 Å². The number of hydrogen-bond donors (Lipinski definition) is 0. The summed E-state index contributed by atoms with van der Waals surface area (Å²) in [5, 5.41) is 0. The summed E-state index contributed by atoms with van der Waals surface area (Å²) >= 11 is 0. The van der Waals surface area contributed by atoms with E-state index in [1.165, 1.54) is 29.2 Å². The summed E-state index contributed by atoms with van der Waals surface area (Å²) in [4.78, 5) is 32.4. The molecular formula is C20H19F4N7O2. The number of ether oxygens (including phenoxy) is 1. The Hall–Kier alpha value is -3.77. The van der Waals surface area contributed by atoms with Crippen LogP contribution in [-0.2, 0) is 6.54 Å². The van der Waals surface area contributed by atoms with Crippen molar-refractivity contribution in [3.8, 4) is 5.88 Å². The third kappa shape index (κ3) is 5.93. The number of aromatic nitrogens is 5. The van der Waals surface area contributed by atoms with Gasteiger partial charge < -0.3 is 14.5 Å². The number of halogens is 4. The first kappa shape index (κ1) is 22.4. The van der Waals surface area contributed by atoms with Gasteiger partial charge >= 0.3 is 11.9 Å². The molecule has 0 unspecified atom stereocenters. The summed E-state index contributed by atoms with van der Waals surface area (Å²) in [6.07, 6.45) is -0.851. The quantitative estimate of drug-likeness (QED) is 0.510. The van der Waals surface area contributed by atoms with Crippen molar-refractivity contribution in [2.75, 3.05) is 42.6 Å². The Morgan fingerprint density at radius 3 is 2.24 bits per heavy atom. The number of hydrogen-bond acceptors (Lipinski definition) is 8. The van der Waals surface area contributed by atoms with Gasteiger partial charge in [-0.25, -0.2) is 19.2 Å². The highest BCUT2D eigenvalue weighted by molar-refractivity contribution is 5.48. The molecule has 1 aliphatic heterocycles. The topological polar surface area (TPSA) is 89.3 Å². The molecule has 0 bridgehead atoms. The van der Waals surface area contributed by atoms with Gasteiger partial charge in [0.2, 0.25) is 11.8 Å². The van der Waals surface area contributed by atoms with Crippen molar-refractivity contribution in [3.63, 3.8) is 0 Å². The molecule has 9 nitrogen and oxygen atoms in total. The van der Waals surface area contributed by atoms with E-state index in [1.54, 1.807) is 12.1 Å².